The largest absolute Gasteiger partial charge is 0.481 e. The van der Waals surface area contributed by atoms with Gasteiger partial charge in [-0.25, -0.2) is 0 Å². The lowest BCUT2D eigenvalue weighted by molar-refractivity contribution is -0.753. The zero-order chi connectivity index (χ0) is 14.5. The lowest BCUT2D eigenvalue weighted by Crippen LogP contribution is -2.43. The summed E-state index contributed by atoms with van der Waals surface area (Å²) in [6, 6.07) is 1.57. The number of aliphatic carboxylic acids is 1. The predicted molar refractivity (Wildman–Crippen MR) is 67.1 cm³/mol. The summed E-state index contributed by atoms with van der Waals surface area (Å²) in [6.07, 6.45) is 8.20. The molecule has 0 unspecified atom stereocenters. The molecule has 1 aromatic heterocycles. The van der Waals surface area contributed by atoms with Crippen molar-refractivity contribution >= 4 is 11.9 Å². The van der Waals surface area contributed by atoms with Crippen molar-refractivity contribution in [1.82, 2.24) is 10.4 Å². The number of aromatic nitrogens is 2. The Morgan fingerprint density at radius 1 is 1.58 bits per heavy atom. The van der Waals surface area contributed by atoms with Gasteiger partial charge in [-0.2, -0.15) is 0 Å². The minimum atomic E-state index is -0.896. The number of nitrogens with one attached hydrogen (secondary N) is 1. The molecule has 1 rings (SSSR count). The van der Waals surface area contributed by atoms with E-state index in [0.717, 1.165) is 0 Å². The van der Waals surface area contributed by atoms with Gasteiger partial charge in [-0.1, -0.05) is 10.6 Å². The molecule has 0 radical (unpaired) electrons. The average Bonchev–Trinajstić information content (AvgIpc) is 2.36. The maximum atomic E-state index is 11.8. The second kappa shape index (κ2) is 5.96. The third kappa shape index (κ3) is 4.76. The van der Waals surface area contributed by atoms with E-state index in [1.165, 1.54) is 10.9 Å². The minimum Gasteiger partial charge on any atom is -0.481 e. The molecule has 1 aromatic rings. The van der Waals surface area contributed by atoms with Crippen LogP contribution >= 0.6 is 0 Å². The SMILES string of the molecule is C#CC(C)(C)NC(=O)c1cc[n+](CCC(=O)O)nc1. The molecule has 0 aromatic carbocycles. The van der Waals surface area contributed by atoms with Crippen molar-refractivity contribution in [2.75, 3.05) is 0 Å². The molecule has 6 nitrogen and oxygen atoms in total. The summed E-state index contributed by atoms with van der Waals surface area (Å²) in [4.78, 5) is 22.3. The molecule has 6 heteroatoms. The summed E-state index contributed by atoms with van der Waals surface area (Å²) in [5.74, 6) is 1.25. The summed E-state index contributed by atoms with van der Waals surface area (Å²) in [5.41, 5.74) is -0.360. The Morgan fingerprint density at radius 3 is 2.74 bits per heavy atom. The van der Waals surface area contributed by atoms with Crippen molar-refractivity contribution in [3.05, 3.63) is 24.0 Å². The number of nitrogens with zero attached hydrogens (tertiary/aromatic N) is 2. The maximum Gasteiger partial charge on any atom is 0.309 e. The van der Waals surface area contributed by atoms with Crippen LogP contribution in [0.2, 0.25) is 0 Å². The molecule has 1 amide bonds. The Morgan fingerprint density at radius 2 is 2.26 bits per heavy atom. The van der Waals surface area contributed by atoms with Crippen molar-refractivity contribution in [2.45, 2.75) is 32.4 Å². The topological polar surface area (TPSA) is 83.2 Å². The van der Waals surface area contributed by atoms with E-state index in [0.29, 0.717) is 5.56 Å². The van der Waals surface area contributed by atoms with Gasteiger partial charge in [-0.05, 0) is 18.9 Å². The van der Waals surface area contributed by atoms with E-state index >= 15 is 0 Å². The van der Waals surface area contributed by atoms with Crippen LogP contribution in [0.25, 0.3) is 0 Å². The normalized spacial score (nSPS) is 10.6. The van der Waals surface area contributed by atoms with Crippen LogP contribution in [-0.4, -0.2) is 27.6 Å². The summed E-state index contributed by atoms with van der Waals surface area (Å²) >= 11 is 0. The van der Waals surface area contributed by atoms with E-state index < -0.39 is 11.5 Å². The molecule has 19 heavy (non-hydrogen) atoms. The first-order valence-electron chi connectivity index (χ1n) is 5.72. The van der Waals surface area contributed by atoms with Gasteiger partial charge < -0.3 is 10.4 Å². The Hall–Kier alpha value is -2.42. The number of amides is 1. The van der Waals surface area contributed by atoms with E-state index in [1.807, 2.05) is 0 Å². The fourth-order valence-corrected chi connectivity index (χ4v) is 1.25. The minimum absolute atomic E-state index is 0.0205. The lowest BCUT2D eigenvalue weighted by atomic mass is 10.1. The van der Waals surface area contributed by atoms with Gasteiger partial charge in [0.05, 0.1) is 11.1 Å². The molecule has 0 atom stereocenters. The van der Waals surface area contributed by atoms with Gasteiger partial charge in [0.25, 0.3) is 5.91 Å². The first kappa shape index (κ1) is 14.6. The van der Waals surface area contributed by atoms with Crippen molar-refractivity contribution in [3.8, 4) is 12.3 Å². The number of carbonyl (C=O) groups excluding carboxylic acids is 1. The number of aryl methyl sites for hydroxylation is 1. The van der Waals surface area contributed by atoms with Crippen molar-refractivity contribution in [1.29, 1.82) is 0 Å². The van der Waals surface area contributed by atoms with Gasteiger partial charge >= 0.3 is 5.97 Å². The molecule has 0 saturated heterocycles. The van der Waals surface area contributed by atoms with Crippen LogP contribution in [0.15, 0.2) is 18.5 Å². The number of terminal acetylenes is 1. The van der Waals surface area contributed by atoms with Gasteiger partial charge in [-0.3, -0.25) is 9.59 Å². The highest BCUT2D eigenvalue weighted by molar-refractivity contribution is 5.94. The molecule has 100 valence electrons. The van der Waals surface area contributed by atoms with Crippen LogP contribution in [-0.2, 0) is 11.3 Å². The zero-order valence-electron chi connectivity index (χ0n) is 10.9. The fraction of sp³-hybridized carbons (Fsp3) is 0.385. The number of rotatable bonds is 5. The molecule has 0 aliphatic rings. The molecule has 1 heterocycles. The molecule has 0 fully saturated rings. The molecular formula is C13H16N3O3+. The molecule has 2 N–H and O–H groups in total. The van der Waals surface area contributed by atoms with E-state index in [1.54, 1.807) is 26.1 Å². The van der Waals surface area contributed by atoms with Gasteiger partial charge in [0.15, 0.2) is 12.7 Å². The van der Waals surface area contributed by atoms with Crippen molar-refractivity contribution in [3.63, 3.8) is 0 Å². The highest BCUT2D eigenvalue weighted by Gasteiger charge is 2.19. The van der Waals surface area contributed by atoms with Crippen LogP contribution in [0, 0.1) is 12.3 Å². The third-order valence-corrected chi connectivity index (χ3v) is 2.38. The summed E-state index contributed by atoms with van der Waals surface area (Å²) in [6.45, 7) is 3.69. The van der Waals surface area contributed by atoms with Crippen LogP contribution in [0.5, 0.6) is 0 Å². The Bertz CT molecular complexity index is 515. The zero-order valence-corrected chi connectivity index (χ0v) is 10.9. The number of carboxylic acid groups (broad SMARTS) is 1. The quantitative estimate of drug-likeness (QED) is 0.577. The highest BCUT2D eigenvalue weighted by atomic mass is 16.4. The smallest absolute Gasteiger partial charge is 0.309 e. The van der Waals surface area contributed by atoms with Gasteiger partial charge in [0.1, 0.15) is 12.6 Å². The second-order valence-corrected chi connectivity index (χ2v) is 4.55. The highest BCUT2D eigenvalue weighted by Crippen LogP contribution is 2.02. The van der Waals surface area contributed by atoms with Crippen molar-refractivity contribution in [2.24, 2.45) is 0 Å². The second-order valence-electron chi connectivity index (χ2n) is 4.55. The number of hydrogen-bond donors (Lipinski definition) is 2. The molecule has 0 saturated carbocycles. The third-order valence-electron chi connectivity index (χ3n) is 2.38. The fourth-order valence-electron chi connectivity index (χ4n) is 1.25. The van der Waals surface area contributed by atoms with Crippen molar-refractivity contribution < 1.29 is 19.4 Å². The van der Waals surface area contributed by atoms with Crippen LogP contribution < -0.4 is 10.00 Å². The first-order chi connectivity index (χ1) is 8.84. The van der Waals surface area contributed by atoms with Gasteiger partial charge in [0, 0.05) is 6.07 Å². The Labute approximate surface area is 111 Å². The van der Waals surface area contributed by atoms with E-state index in [4.69, 9.17) is 11.5 Å². The average molecular weight is 262 g/mol. The molecule has 0 aliphatic carbocycles. The standard InChI is InChI=1S/C13H15N3O3/c1-4-13(2,3)15-12(19)10-5-7-16(14-9-10)8-6-11(17)18/h1,5,7,9H,6,8H2,2-3H3,(H-,15,17,18,19)/p+1. The maximum absolute atomic E-state index is 11.8. The van der Waals surface area contributed by atoms with Crippen LogP contribution in [0.4, 0.5) is 0 Å². The monoisotopic (exact) mass is 262 g/mol. The van der Waals surface area contributed by atoms with Crippen LogP contribution in [0.1, 0.15) is 30.6 Å². The van der Waals surface area contributed by atoms with Gasteiger partial charge in [-0.15, -0.1) is 6.42 Å². The van der Waals surface area contributed by atoms with Crippen LogP contribution in [0.3, 0.4) is 0 Å². The Kier molecular flexibility index (Phi) is 4.59. The summed E-state index contributed by atoms with van der Waals surface area (Å²) in [7, 11) is 0. The molecular weight excluding hydrogens is 246 g/mol. The lowest BCUT2D eigenvalue weighted by Gasteiger charge is -2.18. The van der Waals surface area contributed by atoms with E-state index in [-0.39, 0.29) is 18.9 Å². The van der Waals surface area contributed by atoms with E-state index in [9.17, 15) is 9.59 Å². The van der Waals surface area contributed by atoms with E-state index in [2.05, 4.69) is 16.3 Å². The number of carboxylic acids is 1. The molecule has 0 aliphatic heterocycles. The Balaban J connectivity index is 2.69. The van der Waals surface area contributed by atoms with Gasteiger partial charge in [0.2, 0.25) is 0 Å². The number of carbonyl (C=O) groups is 2. The predicted octanol–water partition coefficient (Wildman–Crippen LogP) is -0.0146. The summed E-state index contributed by atoms with van der Waals surface area (Å²) in [5, 5.41) is 15.2. The molecule has 0 spiro atoms. The molecule has 0 bridgehead atoms. The first-order valence-corrected chi connectivity index (χ1v) is 5.72. The number of hydrogen-bond acceptors (Lipinski definition) is 3. The summed E-state index contributed by atoms with van der Waals surface area (Å²) < 4.78 is 1.46.